The summed E-state index contributed by atoms with van der Waals surface area (Å²) in [5.74, 6) is 1.72. The Bertz CT molecular complexity index is 902. The number of rotatable bonds is 5. The number of methoxy groups -OCH3 is 1. The lowest BCUT2D eigenvalue weighted by atomic mass is 9.53. The number of hydrogen-bond acceptors (Lipinski definition) is 6. The van der Waals surface area contributed by atoms with Crippen LogP contribution in [0.1, 0.15) is 48.9 Å². The molecule has 0 aliphatic heterocycles. The monoisotopic (exact) mass is 384 g/mol. The van der Waals surface area contributed by atoms with Crippen LogP contribution in [0.15, 0.2) is 18.2 Å². The van der Waals surface area contributed by atoms with Gasteiger partial charge in [-0.1, -0.05) is 4.85 Å². The zero-order valence-electron chi connectivity index (χ0n) is 15.9. The van der Waals surface area contributed by atoms with Crippen molar-refractivity contribution in [1.82, 2.24) is 20.5 Å². The summed E-state index contributed by atoms with van der Waals surface area (Å²) >= 11 is 0. The molecular formula is C20H24N4O4. The van der Waals surface area contributed by atoms with E-state index in [-0.39, 0.29) is 18.1 Å². The SMILES string of the molecule is COC(=O)c1ccc2nnn(OCC(=O)NC34CC5CC(CC(C5)C3)C4)c2c1. The van der Waals surface area contributed by atoms with Crippen molar-refractivity contribution < 1.29 is 19.2 Å². The van der Waals surface area contributed by atoms with E-state index in [1.165, 1.54) is 31.2 Å². The second-order valence-electron chi connectivity index (χ2n) is 8.68. The van der Waals surface area contributed by atoms with Gasteiger partial charge in [0.15, 0.2) is 6.61 Å². The molecule has 1 N–H and O–H groups in total. The Hall–Kier alpha value is -2.64. The topological polar surface area (TPSA) is 95.3 Å². The first-order valence-electron chi connectivity index (χ1n) is 9.92. The number of aromatic nitrogens is 3. The zero-order chi connectivity index (χ0) is 19.3. The van der Waals surface area contributed by atoms with E-state index in [9.17, 15) is 9.59 Å². The molecule has 4 aliphatic rings. The van der Waals surface area contributed by atoms with Gasteiger partial charge in [0.25, 0.3) is 5.91 Å². The fourth-order valence-corrected chi connectivity index (χ4v) is 5.95. The molecule has 0 spiro atoms. The fourth-order valence-electron chi connectivity index (χ4n) is 5.95. The van der Waals surface area contributed by atoms with Gasteiger partial charge in [0.1, 0.15) is 11.0 Å². The van der Waals surface area contributed by atoms with Crippen LogP contribution in [0.25, 0.3) is 11.0 Å². The highest BCUT2D eigenvalue weighted by molar-refractivity contribution is 5.93. The third kappa shape index (κ3) is 3.00. The number of benzene rings is 1. The van der Waals surface area contributed by atoms with E-state index >= 15 is 0 Å². The van der Waals surface area contributed by atoms with Crippen LogP contribution in [0.2, 0.25) is 0 Å². The van der Waals surface area contributed by atoms with Crippen LogP contribution in [0.4, 0.5) is 0 Å². The fraction of sp³-hybridized carbons (Fsp3) is 0.600. The standard InChI is InChI=1S/C20H24N4O4/c1-27-19(26)15-2-3-16-17(7-15)24(23-22-16)28-11-18(25)21-20-8-12-4-13(9-20)6-14(5-12)10-20/h2-3,7,12-14H,4-6,8-11H2,1H3,(H,21,25). The summed E-state index contributed by atoms with van der Waals surface area (Å²) in [4.78, 5) is 31.1. The maximum Gasteiger partial charge on any atom is 0.337 e. The molecule has 8 heteroatoms. The van der Waals surface area contributed by atoms with Crippen LogP contribution in [0.5, 0.6) is 0 Å². The zero-order valence-corrected chi connectivity index (χ0v) is 15.9. The normalized spacial score (nSPS) is 30.4. The largest absolute Gasteiger partial charge is 0.465 e. The predicted octanol–water partition coefficient (Wildman–Crippen LogP) is 1.73. The molecule has 0 unspecified atom stereocenters. The highest BCUT2D eigenvalue weighted by atomic mass is 16.7. The average Bonchev–Trinajstić information content (AvgIpc) is 3.06. The molecule has 4 aliphatic carbocycles. The summed E-state index contributed by atoms with van der Waals surface area (Å²) in [6, 6.07) is 4.88. The van der Waals surface area contributed by atoms with E-state index in [2.05, 4.69) is 15.6 Å². The van der Waals surface area contributed by atoms with E-state index in [0.717, 1.165) is 37.0 Å². The number of ether oxygens (including phenoxy) is 1. The van der Waals surface area contributed by atoms with Gasteiger partial charge in [-0.25, -0.2) is 4.79 Å². The molecule has 4 saturated carbocycles. The van der Waals surface area contributed by atoms with Gasteiger partial charge in [0.2, 0.25) is 0 Å². The van der Waals surface area contributed by atoms with Gasteiger partial charge in [-0.05, 0) is 79.7 Å². The minimum Gasteiger partial charge on any atom is -0.465 e. The van der Waals surface area contributed by atoms with E-state index in [0.29, 0.717) is 16.6 Å². The van der Waals surface area contributed by atoms with Crippen molar-refractivity contribution in [3.63, 3.8) is 0 Å². The van der Waals surface area contributed by atoms with Crippen molar-refractivity contribution in [2.45, 2.75) is 44.1 Å². The Morgan fingerprint density at radius 3 is 2.50 bits per heavy atom. The number of carbonyl (C=O) groups excluding carboxylic acids is 2. The van der Waals surface area contributed by atoms with Crippen LogP contribution in [-0.2, 0) is 9.53 Å². The van der Waals surface area contributed by atoms with E-state index < -0.39 is 5.97 Å². The average molecular weight is 384 g/mol. The Balaban J connectivity index is 1.26. The van der Waals surface area contributed by atoms with Gasteiger partial charge in [0.05, 0.1) is 12.7 Å². The number of hydrogen-bond donors (Lipinski definition) is 1. The van der Waals surface area contributed by atoms with E-state index in [1.54, 1.807) is 18.2 Å². The van der Waals surface area contributed by atoms with E-state index in [1.807, 2.05) is 0 Å². The highest BCUT2D eigenvalue weighted by Gasteiger charge is 2.51. The van der Waals surface area contributed by atoms with Crippen LogP contribution in [0, 0.1) is 17.8 Å². The lowest BCUT2D eigenvalue weighted by Crippen LogP contribution is -2.60. The van der Waals surface area contributed by atoms with Gasteiger partial charge in [0, 0.05) is 5.54 Å². The molecule has 0 atom stereocenters. The summed E-state index contributed by atoms with van der Waals surface area (Å²) in [5, 5.41) is 11.2. The highest BCUT2D eigenvalue weighted by Crippen LogP contribution is 2.55. The number of amides is 1. The molecule has 2 aromatic rings. The van der Waals surface area contributed by atoms with Crippen molar-refractivity contribution in [1.29, 1.82) is 0 Å². The van der Waals surface area contributed by atoms with Gasteiger partial charge in [-0.2, -0.15) is 0 Å². The van der Waals surface area contributed by atoms with Gasteiger partial charge in [-0.15, -0.1) is 5.10 Å². The molecular weight excluding hydrogens is 360 g/mol. The van der Waals surface area contributed by atoms with Crippen molar-refractivity contribution in [3.8, 4) is 0 Å². The molecule has 148 valence electrons. The third-order valence-corrected chi connectivity index (χ3v) is 6.60. The molecule has 8 nitrogen and oxygen atoms in total. The molecule has 4 bridgehead atoms. The lowest BCUT2D eigenvalue weighted by Gasteiger charge is -2.56. The van der Waals surface area contributed by atoms with Gasteiger partial charge in [-0.3, -0.25) is 4.79 Å². The van der Waals surface area contributed by atoms with Gasteiger partial charge >= 0.3 is 5.97 Å². The smallest absolute Gasteiger partial charge is 0.337 e. The number of carbonyl (C=O) groups is 2. The second-order valence-corrected chi connectivity index (χ2v) is 8.68. The van der Waals surface area contributed by atoms with Crippen LogP contribution >= 0.6 is 0 Å². The molecule has 6 rings (SSSR count). The minimum absolute atomic E-state index is 0.0440. The summed E-state index contributed by atoms with van der Waals surface area (Å²) in [7, 11) is 1.33. The lowest BCUT2D eigenvalue weighted by molar-refractivity contribution is -0.132. The molecule has 4 fully saturated rings. The summed E-state index contributed by atoms with van der Waals surface area (Å²) in [5.41, 5.74) is 1.43. The Morgan fingerprint density at radius 1 is 1.18 bits per heavy atom. The number of nitrogens with one attached hydrogen (secondary N) is 1. The molecule has 1 heterocycles. The Labute approximate surface area is 162 Å². The maximum absolute atomic E-state index is 12.6. The summed E-state index contributed by atoms with van der Waals surface area (Å²) in [6.45, 7) is -0.136. The number of esters is 1. The van der Waals surface area contributed by atoms with Gasteiger partial charge < -0.3 is 14.9 Å². The van der Waals surface area contributed by atoms with E-state index in [4.69, 9.17) is 9.57 Å². The second kappa shape index (κ2) is 6.46. The van der Waals surface area contributed by atoms with Crippen molar-refractivity contribution in [3.05, 3.63) is 23.8 Å². The third-order valence-electron chi connectivity index (χ3n) is 6.60. The summed E-state index contributed by atoms with van der Waals surface area (Å²) in [6.07, 6.45) is 7.29. The first kappa shape index (κ1) is 17.5. The van der Waals surface area contributed by atoms with Crippen LogP contribution in [0.3, 0.4) is 0 Å². The molecule has 1 aromatic carbocycles. The summed E-state index contributed by atoms with van der Waals surface area (Å²) < 4.78 is 4.74. The van der Waals surface area contributed by atoms with Crippen molar-refractivity contribution >= 4 is 22.9 Å². The number of fused-ring (bicyclic) bond motifs is 1. The molecule has 0 radical (unpaired) electrons. The maximum atomic E-state index is 12.6. The van der Waals surface area contributed by atoms with Crippen LogP contribution < -0.4 is 10.2 Å². The predicted molar refractivity (Wildman–Crippen MR) is 99.4 cm³/mol. The molecule has 28 heavy (non-hydrogen) atoms. The number of nitrogens with zero attached hydrogens (tertiary/aromatic N) is 3. The first-order valence-corrected chi connectivity index (χ1v) is 9.92. The van der Waals surface area contributed by atoms with Crippen molar-refractivity contribution in [2.24, 2.45) is 17.8 Å². The quantitative estimate of drug-likeness (QED) is 0.789. The minimum atomic E-state index is -0.450. The molecule has 1 amide bonds. The van der Waals surface area contributed by atoms with Crippen molar-refractivity contribution in [2.75, 3.05) is 13.7 Å². The Morgan fingerprint density at radius 2 is 1.86 bits per heavy atom. The Kier molecular flexibility index (Phi) is 4.03. The first-order chi connectivity index (χ1) is 13.5. The van der Waals surface area contributed by atoms with Crippen LogP contribution in [-0.4, -0.2) is 46.3 Å². The molecule has 0 saturated heterocycles. The molecule has 1 aromatic heterocycles.